The summed E-state index contributed by atoms with van der Waals surface area (Å²) in [6.07, 6.45) is 4.89. The highest BCUT2D eigenvalue weighted by Gasteiger charge is 2.22. The average Bonchev–Trinajstić information content (AvgIpc) is 2.77. The summed E-state index contributed by atoms with van der Waals surface area (Å²) in [6.45, 7) is 8.29. The lowest BCUT2D eigenvalue weighted by molar-refractivity contribution is 0.144. The van der Waals surface area contributed by atoms with Gasteiger partial charge in [0.2, 0.25) is 0 Å². The van der Waals surface area contributed by atoms with E-state index in [9.17, 15) is 4.39 Å². The Bertz CT molecular complexity index is 770. The van der Waals surface area contributed by atoms with Gasteiger partial charge in [-0.25, -0.2) is 14.4 Å². The largest absolute Gasteiger partial charge is 0.382 e. The number of halogens is 1. The topological polar surface area (TPSA) is 53.5 Å². The first-order valence-electron chi connectivity index (χ1n) is 10.2. The summed E-state index contributed by atoms with van der Waals surface area (Å²) >= 11 is 1.55. The van der Waals surface area contributed by atoms with Crippen LogP contribution in [-0.4, -0.2) is 62.2 Å². The third kappa shape index (κ3) is 6.04. The molecule has 6 nitrogen and oxygen atoms in total. The Kier molecular flexibility index (Phi) is 8.52. The van der Waals surface area contributed by atoms with Gasteiger partial charge in [-0.2, -0.15) is 0 Å². The van der Waals surface area contributed by atoms with Gasteiger partial charge in [0.05, 0.1) is 5.69 Å². The number of hydrogen-bond donors (Lipinski definition) is 1. The minimum atomic E-state index is -0.162. The molecule has 1 aliphatic heterocycles. The van der Waals surface area contributed by atoms with Crippen LogP contribution in [0.1, 0.15) is 18.9 Å². The zero-order valence-electron chi connectivity index (χ0n) is 17.2. The fourth-order valence-electron chi connectivity index (χ4n) is 3.41. The third-order valence-electron chi connectivity index (χ3n) is 4.94. The lowest BCUT2D eigenvalue weighted by Gasteiger charge is -2.37. The van der Waals surface area contributed by atoms with Gasteiger partial charge in [0, 0.05) is 57.7 Å². The fraction of sp³-hybridized carbons (Fsp3) is 0.524. The number of benzene rings is 1. The molecule has 1 aromatic carbocycles. The van der Waals surface area contributed by atoms with Crippen LogP contribution >= 0.6 is 11.8 Å². The first-order valence-corrected chi connectivity index (χ1v) is 11.4. The fourth-order valence-corrected chi connectivity index (χ4v) is 3.75. The summed E-state index contributed by atoms with van der Waals surface area (Å²) in [4.78, 5) is 13.6. The average molecular weight is 420 g/mol. The minimum absolute atomic E-state index is 0.162. The van der Waals surface area contributed by atoms with Crippen LogP contribution in [0.2, 0.25) is 0 Å². The first-order chi connectivity index (χ1) is 14.2. The molecule has 0 spiro atoms. The van der Waals surface area contributed by atoms with Crippen molar-refractivity contribution in [2.75, 3.05) is 62.0 Å². The molecule has 1 fully saturated rings. The predicted molar refractivity (Wildman–Crippen MR) is 117 cm³/mol. The quantitative estimate of drug-likeness (QED) is 0.361. The molecule has 0 amide bonds. The van der Waals surface area contributed by atoms with Crippen LogP contribution in [0.3, 0.4) is 0 Å². The molecular formula is C21H30FN5OS. The summed E-state index contributed by atoms with van der Waals surface area (Å²) < 4.78 is 19.5. The standard InChI is InChI=1S/C21H30FN5OS/c1-3-28-14-6-9-23-15-17-16-24-21(29-2)25-20(17)27-12-10-26(11-13-27)19-8-5-4-7-18(19)22/h4-5,7-8,16,23H,3,6,9-15H2,1-2H3. The highest BCUT2D eigenvalue weighted by molar-refractivity contribution is 7.98. The first kappa shape index (κ1) is 21.8. The lowest BCUT2D eigenvalue weighted by Crippen LogP contribution is -2.47. The lowest BCUT2D eigenvalue weighted by atomic mass is 10.2. The molecule has 0 bridgehead atoms. The van der Waals surface area contributed by atoms with Crippen molar-refractivity contribution in [1.82, 2.24) is 15.3 Å². The van der Waals surface area contributed by atoms with Gasteiger partial charge < -0.3 is 19.9 Å². The molecule has 0 saturated carbocycles. The number of aromatic nitrogens is 2. The molecule has 2 heterocycles. The molecule has 0 aliphatic carbocycles. The van der Waals surface area contributed by atoms with Crippen molar-refractivity contribution in [3.63, 3.8) is 0 Å². The summed E-state index contributed by atoms with van der Waals surface area (Å²) in [5.74, 6) is 0.819. The van der Waals surface area contributed by atoms with Gasteiger partial charge >= 0.3 is 0 Å². The maximum Gasteiger partial charge on any atom is 0.189 e. The van der Waals surface area contributed by atoms with Crippen LogP contribution in [-0.2, 0) is 11.3 Å². The highest BCUT2D eigenvalue weighted by atomic mass is 32.2. The highest BCUT2D eigenvalue weighted by Crippen LogP contribution is 2.25. The van der Waals surface area contributed by atoms with E-state index in [1.165, 1.54) is 6.07 Å². The van der Waals surface area contributed by atoms with Crippen molar-refractivity contribution < 1.29 is 9.13 Å². The molecule has 1 saturated heterocycles. The molecule has 1 aromatic heterocycles. The summed E-state index contributed by atoms with van der Waals surface area (Å²) in [6, 6.07) is 6.98. The minimum Gasteiger partial charge on any atom is -0.382 e. The van der Waals surface area contributed by atoms with Crippen LogP contribution in [0.25, 0.3) is 0 Å². The van der Waals surface area contributed by atoms with Crippen LogP contribution in [0.5, 0.6) is 0 Å². The molecule has 3 rings (SSSR count). The predicted octanol–water partition coefficient (Wildman–Crippen LogP) is 3.18. The van der Waals surface area contributed by atoms with E-state index in [1.54, 1.807) is 17.8 Å². The van der Waals surface area contributed by atoms with Crippen molar-refractivity contribution >= 4 is 23.3 Å². The van der Waals surface area contributed by atoms with Crippen molar-refractivity contribution in [3.8, 4) is 0 Å². The van der Waals surface area contributed by atoms with Gasteiger partial charge in [0.1, 0.15) is 11.6 Å². The Morgan fingerprint density at radius 2 is 1.93 bits per heavy atom. The molecule has 158 valence electrons. The van der Waals surface area contributed by atoms with Crippen LogP contribution in [0.4, 0.5) is 15.9 Å². The van der Waals surface area contributed by atoms with Crippen molar-refractivity contribution in [1.29, 1.82) is 0 Å². The van der Waals surface area contributed by atoms with E-state index in [-0.39, 0.29) is 5.82 Å². The number of nitrogens with zero attached hydrogens (tertiary/aromatic N) is 4. The summed E-state index contributed by atoms with van der Waals surface area (Å²) in [5.41, 5.74) is 1.77. The third-order valence-corrected chi connectivity index (χ3v) is 5.50. The molecule has 2 aromatic rings. The van der Waals surface area contributed by atoms with E-state index in [1.807, 2.05) is 31.5 Å². The summed E-state index contributed by atoms with van der Waals surface area (Å²) in [7, 11) is 0. The Morgan fingerprint density at radius 1 is 1.17 bits per heavy atom. The van der Waals surface area contributed by atoms with Crippen molar-refractivity contribution in [3.05, 3.63) is 41.8 Å². The Balaban J connectivity index is 1.62. The zero-order valence-corrected chi connectivity index (χ0v) is 18.1. The van der Waals surface area contributed by atoms with Crippen molar-refractivity contribution in [2.24, 2.45) is 0 Å². The maximum absolute atomic E-state index is 14.1. The molecule has 29 heavy (non-hydrogen) atoms. The number of rotatable bonds is 10. The number of anilines is 2. The van der Waals surface area contributed by atoms with Gasteiger partial charge in [-0.15, -0.1) is 0 Å². The normalized spacial score (nSPS) is 14.4. The monoisotopic (exact) mass is 419 g/mol. The van der Waals surface area contributed by atoms with Gasteiger partial charge in [0.15, 0.2) is 5.16 Å². The molecule has 1 N–H and O–H groups in total. The van der Waals surface area contributed by atoms with Crippen LogP contribution in [0.15, 0.2) is 35.6 Å². The second-order valence-corrected chi connectivity index (χ2v) is 7.63. The Labute approximate surface area is 176 Å². The smallest absolute Gasteiger partial charge is 0.189 e. The maximum atomic E-state index is 14.1. The van der Waals surface area contributed by atoms with Crippen molar-refractivity contribution in [2.45, 2.75) is 25.0 Å². The van der Waals surface area contributed by atoms with E-state index in [2.05, 4.69) is 20.1 Å². The second kappa shape index (κ2) is 11.3. The Morgan fingerprint density at radius 3 is 2.66 bits per heavy atom. The summed E-state index contributed by atoms with van der Waals surface area (Å²) in [5, 5.41) is 4.24. The molecule has 0 radical (unpaired) electrons. The molecular weight excluding hydrogens is 389 g/mol. The van der Waals surface area contributed by atoms with Gasteiger partial charge in [-0.3, -0.25) is 0 Å². The molecule has 0 unspecified atom stereocenters. The SMILES string of the molecule is CCOCCCNCc1cnc(SC)nc1N1CCN(c2ccccc2F)CC1. The molecule has 8 heteroatoms. The second-order valence-electron chi connectivity index (χ2n) is 6.86. The zero-order chi connectivity index (χ0) is 20.5. The van der Waals surface area contributed by atoms with Gasteiger partial charge in [0.25, 0.3) is 0 Å². The molecule has 1 aliphatic rings. The van der Waals surface area contributed by atoms with E-state index in [0.717, 1.165) is 75.4 Å². The van der Waals surface area contributed by atoms with E-state index >= 15 is 0 Å². The van der Waals surface area contributed by atoms with Crippen LogP contribution < -0.4 is 15.1 Å². The Hall–Kier alpha value is -1.90. The van der Waals surface area contributed by atoms with Crippen LogP contribution in [0, 0.1) is 5.82 Å². The number of para-hydroxylation sites is 1. The number of hydrogen-bond acceptors (Lipinski definition) is 7. The van der Waals surface area contributed by atoms with E-state index < -0.39 is 0 Å². The number of thioether (sulfide) groups is 1. The van der Waals surface area contributed by atoms with E-state index in [4.69, 9.17) is 9.72 Å². The van der Waals surface area contributed by atoms with Gasteiger partial charge in [-0.05, 0) is 38.3 Å². The van der Waals surface area contributed by atoms with Gasteiger partial charge in [-0.1, -0.05) is 23.9 Å². The molecule has 0 atom stereocenters. The van der Waals surface area contributed by atoms with E-state index in [0.29, 0.717) is 5.69 Å². The number of nitrogens with one attached hydrogen (secondary N) is 1. The number of piperazine rings is 1. The number of ether oxygens (including phenoxy) is 1.